The van der Waals surface area contributed by atoms with Gasteiger partial charge in [0, 0.05) is 18.5 Å². The molecule has 1 heterocycles. The highest BCUT2D eigenvalue weighted by atomic mass is 35.5. The number of amides is 1. The molecule has 4 nitrogen and oxygen atoms in total. The van der Waals surface area contributed by atoms with E-state index in [4.69, 9.17) is 27.9 Å². The number of piperidine rings is 1. The summed E-state index contributed by atoms with van der Waals surface area (Å²) in [5.41, 5.74) is 0. The van der Waals surface area contributed by atoms with Gasteiger partial charge in [-0.2, -0.15) is 0 Å². The lowest BCUT2D eigenvalue weighted by Gasteiger charge is -2.30. The molecule has 0 saturated carbocycles. The highest BCUT2D eigenvalue weighted by Crippen LogP contribution is 2.31. The van der Waals surface area contributed by atoms with Gasteiger partial charge < -0.3 is 15.4 Å². The molecule has 2 N–H and O–H groups in total. The molecule has 1 aromatic rings. The summed E-state index contributed by atoms with van der Waals surface area (Å²) in [7, 11) is 0. The fourth-order valence-corrected chi connectivity index (χ4v) is 2.88. The van der Waals surface area contributed by atoms with Crippen molar-refractivity contribution in [3.8, 4) is 5.75 Å². The van der Waals surface area contributed by atoms with E-state index in [2.05, 4.69) is 17.6 Å². The van der Waals surface area contributed by atoms with Gasteiger partial charge in [0.25, 0.3) is 0 Å². The van der Waals surface area contributed by atoms with Gasteiger partial charge in [0.1, 0.15) is 10.8 Å². The van der Waals surface area contributed by atoms with Crippen LogP contribution >= 0.6 is 23.2 Å². The summed E-state index contributed by atoms with van der Waals surface area (Å²) in [5, 5.41) is 7.34. The molecule has 0 bridgehead atoms. The third-order valence-corrected chi connectivity index (χ3v) is 4.63. The summed E-state index contributed by atoms with van der Waals surface area (Å²) in [6.45, 7) is 3.57. The van der Waals surface area contributed by atoms with Crippen molar-refractivity contribution < 1.29 is 9.53 Å². The van der Waals surface area contributed by atoms with Crippen LogP contribution < -0.4 is 15.4 Å². The van der Waals surface area contributed by atoms with Crippen molar-refractivity contribution >= 4 is 29.1 Å². The maximum Gasteiger partial charge on any atom is 0.220 e. The maximum absolute atomic E-state index is 11.9. The molecule has 0 spiro atoms. The predicted molar refractivity (Wildman–Crippen MR) is 89.8 cm³/mol. The minimum Gasteiger partial charge on any atom is -0.492 e. The van der Waals surface area contributed by atoms with Crippen LogP contribution in [0, 0.1) is 0 Å². The molecule has 0 aromatic heterocycles. The quantitative estimate of drug-likeness (QED) is 0.777. The van der Waals surface area contributed by atoms with Gasteiger partial charge in [-0.1, -0.05) is 29.3 Å². The SMILES string of the molecule is CC1NCCCC1NC(=O)CCCOc1cccc(Cl)c1Cl. The van der Waals surface area contributed by atoms with Crippen LogP contribution in [0.4, 0.5) is 0 Å². The molecule has 1 amide bonds. The molecule has 1 aromatic carbocycles. The van der Waals surface area contributed by atoms with Crippen molar-refractivity contribution in [2.75, 3.05) is 13.2 Å². The van der Waals surface area contributed by atoms with E-state index in [0.717, 1.165) is 19.4 Å². The van der Waals surface area contributed by atoms with Gasteiger partial charge in [0.15, 0.2) is 0 Å². The molecule has 1 aliphatic rings. The molecule has 0 aliphatic carbocycles. The van der Waals surface area contributed by atoms with E-state index in [1.807, 2.05) is 0 Å². The zero-order valence-electron chi connectivity index (χ0n) is 12.7. The second-order valence-corrected chi connectivity index (χ2v) is 6.35. The van der Waals surface area contributed by atoms with Crippen LogP contribution in [-0.2, 0) is 4.79 Å². The van der Waals surface area contributed by atoms with Gasteiger partial charge in [0.05, 0.1) is 11.6 Å². The minimum absolute atomic E-state index is 0.0707. The number of ether oxygens (including phenoxy) is 1. The van der Waals surface area contributed by atoms with E-state index < -0.39 is 0 Å². The number of nitrogens with one attached hydrogen (secondary N) is 2. The summed E-state index contributed by atoms with van der Waals surface area (Å²) in [4.78, 5) is 11.9. The fourth-order valence-electron chi connectivity index (χ4n) is 2.53. The number of hydrogen-bond donors (Lipinski definition) is 2. The lowest BCUT2D eigenvalue weighted by molar-refractivity contribution is -0.122. The largest absolute Gasteiger partial charge is 0.492 e. The van der Waals surface area contributed by atoms with Crippen LogP contribution in [0.25, 0.3) is 0 Å². The molecule has 122 valence electrons. The summed E-state index contributed by atoms with van der Waals surface area (Å²) in [5.74, 6) is 0.626. The average Bonchev–Trinajstić information content (AvgIpc) is 2.50. The first-order valence-corrected chi connectivity index (χ1v) is 8.43. The van der Waals surface area contributed by atoms with Crippen molar-refractivity contribution in [2.24, 2.45) is 0 Å². The van der Waals surface area contributed by atoms with Crippen LogP contribution in [0.15, 0.2) is 18.2 Å². The Morgan fingerprint density at radius 3 is 3.05 bits per heavy atom. The number of carbonyl (C=O) groups excluding carboxylic acids is 1. The first-order valence-electron chi connectivity index (χ1n) is 7.67. The summed E-state index contributed by atoms with van der Waals surface area (Å²) in [6.07, 6.45) is 3.23. The molecule has 22 heavy (non-hydrogen) atoms. The first-order chi connectivity index (χ1) is 10.6. The normalized spacial score (nSPS) is 21.4. The second kappa shape index (κ2) is 8.61. The van der Waals surface area contributed by atoms with Gasteiger partial charge >= 0.3 is 0 Å². The molecular weight excluding hydrogens is 323 g/mol. The average molecular weight is 345 g/mol. The van der Waals surface area contributed by atoms with Crippen LogP contribution in [0.2, 0.25) is 10.0 Å². The van der Waals surface area contributed by atoms with Crippen LogP contribution in [-0.4, -0.2) is 31.1 Å². The number of hydrogen-bond acceptors (Lipinski definition) is 3. The third-order valence-electron chi connectivity index (χ3n) is 3.83. The molecule has 1 aliphatic heterocycles. The zero-order valence-corrected chi connectivity index (χ0v) is 14.2. The molecule has 1 fully saturated rings. The van der Waals surface area contributed by atoms with E-state index in [1.165, 1.54) is 0 Å². The Balaban J connectivity index is 1.67. The molecule has 2 rings (SSSR count). The number of carbonyl (C=O) groups is 1. The first kappa shape index (κ1) is 17.4. The maximum atomic E-state index is 11.9. The molecule has 2 unspecified atom stereocenters. The third kappa shape index (κ3) is 5.04. The fraction of sp³-hybridized carbons (Fsp3) is 0.562. The minimum atomic E-state index is 0.0707. The Kier molecular flexibility index (Phi) is 6.80. The van der Waals surface area contributed by atoms with Crippen molar-refractivity contribution in [1.82, 2.24) is 10.6 Å². The van der Waals surface area contributed by atoms with Gasteiger partial charge in [-0.25, -0.2) is 0 Å². The summed E-state index contributed by atoms with van der Waals surface area (Å²) < 4.78 is 5.57. The van der Waals surface area contributed by atoms with E-state index in [9.17, 15) is 4.79 Å². The predicted octanol–water partition coefficient (Wildman–Crippen LogP) is 3.41. The Hall–Kier alpha value is -0.970. The summed E-state index contributed by atoms with van der Waals surface area (Å²) in [6, 6.07) is 5.82. The monoisotopic (exact) mass is 344 g/mol. The van der Waals surface area contributed by atoms with Gasteiger partial charge in [0.2, 0.25) is 5.91 Å². The standard InChI is InChI=1S/C16H22Cl2N2O2/c1-11-13(6-3-9-19-11)20-15(21)8-4-10-22-14-7-2-5-12(17)16(14)18/h2,5,7,11,13,19H,3-4,6,8-10H2,1H3,(H,20,21). The van der Waals surface area contributed by atoms with Crippen LogP contribution in [0.5, 0.6) is 5.75 Å². The Bertz CT molecular complexity index is 511. The van der Waals surface area contributed by atoms with Gasteiger partial charge in [-0.15, -0.1) is 0 Å². The molecular formula is C16H22Cl2N2O2. The van der Waals surface area contributed by atoms with E-state index >= 15 is 0 Å². The van der Waals surface area contributed by atoms with Crippen LogP contribution in [0.1, 0.15) is 32.6 Å². The second-order valence-electron chi connectivity index (χ2n) is 5.56. The Labute approximate surface area is 141 Å². The molecule has 2 atom stereocenters. The van der Waals surface area contributed by atoms with Crippen molar-refractivity contribution in [1.29, 1.82) is 0 Å². The lowest BCUT2D eigenvalue weighted by Crippen LogP contribution is -2.51. The zero-order chi connectivity index (χ0) is 15.9. The van der Waals surface area contributed by atoms with E-state index in [-0.39, 0.29) is 11.9 Å². The van der Waals surface area contributed by atoms with Crippen molar-refractivity contribution in [3.63, 3.8) is 0 Å². The van der Waals surface area contributed by atoms with E-state index in [1.54, 1.807) is 18.2 Å². The highest BCUT2D eigenvalue weighted by Gasteiger charge is 2.21. The van der Waals surface area contributed by atoms with Crippen molar-refractivity contribution in [3.05, 3.63) is 28.2 Å². The lowest BCUT2D eigenvalue weighted by atomic mass is 10.00. The molecule has 0 radical (unpaired) electrons. The van der Waals surface area contributed by atoms with Crippen LogP contribution in [0.3, 0.4) is 0 Å². The highest BCUT2D eigenvalue weighted by molar-refractivity contribution is 6.42. The number of benzene rings is 1. The Morgan fingerprint density at radius 2 is 2.27 bits per heavy atom. The summed E-state index contributed by atoms with van der Waals surface area (Å²) >= 11 is 12.0. The van der Waals surface area contributed by atoms with E-state index in [0.29, 0.717) is 41.3 Å². The molecule has 6 heteroatoms. The smallest absolute Gasteiger partial charge is 0.220 e. The van der Waals surface area contributed by atoms with Gasteiger partial charge in [-0.05, 0) is 44.9 Å². The number of halogens is 2. The van der Waals surface area contributed by atoms with Crippen molar-refractivity contribution in [2.45, 2.75) is 44.7 Å². The topological polar surface area (TPSA) is 50.4 Å². The van der Waals surface area contributed by atoms with Gasteiger partial charge in [-0.3, -0.25) is 4.79 Å². The Morgan fingerprint density at radius 1 is 1.45 bits per heavy atom. The number of rotatable bonds is 6. The molecule has 1 saturated heterocycles.